The van der Waals surface area contributed by atoms with Crippen LogP contribution in [-0.4, -0.2) is 23.2 Å². The number of halogens is 1. The van der Waals surface area contributed by atoms with Crippen molar-refractivity contribution in [1.82, 2.24) is 10.6 Å². The van der Waals surface area contributed by atoms with Gasteiger partial charge in [-0.25, -0.2) is 9.18 Å². The lowest BCUT2D eigenvalue weighted by atomic mass is 10.1. The quantitative estimate of drug-likeness (QED) is 0.772. The van der Waals surface area contributed by atoms with E-state index in [4.69, 9.17) is 0 Å². The SMILES string of the molecule is CC(C)(C)NC(=O)NCC(O)c1ccccc1F. The lowest BCUT2D eigenvalue weighted by Crippen LogP contribution is -2.47. The van der Waals surface area contributed by atoms with Gasteiger partial charge in [-0.2, -0.15) is 0 Å². The summed E-state index contributed by atoms with van der Waals surface area (Å²) >= 11 is 0. The van der Waals surface area contributed by atoms with Crippen molar-refractivity contribution < 1.29 is 14.3 Å². The minimum Gasteiger partial charge on any atom is -0.386 e. The highest BCUT2D eigenvalue weighted by Gasteiger charge is 2.16. The van der Waals surface area contributed by atoms with Gasteiger partial charge in [-0.15, -0.1) is 0 Å². The molecule has 0 fully saturated rings. The molecule has 0 radical (unpaired) electrons. The Bertz CT molecular complexity index is 416. The fraction of sp³-hybridized carbons (Fsp3) is 0.462. The van der Waals surface area contributed by atoms with Gasteiger partial charge in [-0.05, 0) is 26.8 Å². The van der Waals surface area contributed by atoms with Gasteiger partial charge in [0.15, 0.2) is 0 Å². The third kappa shape index (κ3) is 4.71. The minimum atomic E-state index is -1.06. The Morgan fingerprint density at radius 2 is 2.00 bits per heavy atom. The van der Waals surface area contributed by atoms with E-state index in [2.05, 4.69) is 10.6 Å². The van der Waals surface area contributed by atoms with E-state index in [1.54, 1.807) is 12.1 Å². The first-order valence-electron chi connectivity index (χ1n) is 5.78. The van der Waals surface area contributed by atoms with Crippen molar-refractivity contribution in [3.8, 4) is 0 Å². The molecular formula is C13H19FN2O2. The third-order valence-electron chi connectivity index (χ3n) is 2.21. The molecule has 0 saturated heterocycles. The number of rotatable bonds is 3. The molecule has 0 aromatic heterocycles. The summed E-state index contributed by atoms with van der Waals surface area (Å²) in [6, 6.07) is 5.55. The molecule has 0 aliphatic carbocycles. The number of hydrogen-bond acceptors (Lipinski definition) is 2. The van der Waals surface area contributed by atoms with Crippen molar-refractivity contribution >= 4 is 6.03 Å². The third-order valence-corrected chi connectivity index (χ3v) is 2.21. The number of nitrogens with one attached hydrogen (secondary N) is 2. The van der Waals surface area contributed by atoms with Crippen LogP contribution in [0.15, 0.2) is 24.3 Å². The molecule has 100 valence electrons. The average Bonchev–Trinajstić information content (AvgIpc) is 2.24. The zero-order chi connectivity index (χ0) is 13.8. The molecule has 2 amide bonds. The van der Waals surface area contributed by atoms with Crippen LogP contribution in [0.4, 0.5) is 9.18 Å². The van der Waals surface area contributed by atoms with Crippen LogP contribution in [0.2, 0.25) is 0 Å². The normalized spacial score (nSPS) is 12.9. The predicted molar refractivity (Wildman–Crippen MR) is 67.6 cm³/mol. The van der Waals surface area contributed by atoms with Gasteiger partial charge >= 0.3 is 6.03 Å². The van der Waals surface area contributed by atoms with Gasteiger partial charge in [0, 0.05) is 17.6 Å². The standard InChI is InChI=1S/C13H19FN2O2/c1-13(2,3)16-12(18)15-8-11(17)9-6-4-5-7-10(9)14/h4-7,11,17H,8H2,1-3H3,(H2,15,16,18). The van der Waals surface area contributed by atoms with Crippen molar-refractivity contribution in [3.05, 3.63) is 35.6 Å². The van der Waals surface area contributed by atoms with Crippen molar-refractivity contribution in [2.24, 2.45) is 0 Å². The summed E-state index contributed by atoms with van der Waals surface area (Å²) in [4.78, 5) is 11.5. The smallest absolute Gasteiger partial charge is 0.315 e. The maximum atomic E-state index is 13.3. The van der Waals surface area contributed by atoms with Crippen LogP contribution >= 0.6 is 0 Å². The predicted octanol–water partition coefficient (Wildman–Crippen LogP) is 1.96. The molecule has 1 atom stereocenters. The first-order valence-corrected chi connectivity index (χ1v) is 5.78. The van der Waals surface area contributed by atoms with Crippen LogP contribution in [0.1, 0.15) is 32.4 Å². The topological polar surface area (TPSA) is 61.4 Å². The lowest BCUT2D eigenvalue weighted by molar-refractivity contribution is 0.167. The first-order chi connectivity index (χ1) is 8.29. The molecule has 4 nitrogen and oxygen atoms in total. The highest BCUT2D eigenvalue weighted by molar-refractivity contribution is 5.74. The molecule has 0 saturated carbocycles. The first kappa shape index (κ1) is 14.4. The Balaban J connectivity index is 2.49. The fourth-order valence-corrected chi connectivity index (χ4v) is 1.43. The van der Waals surface area contributed by atoms with E-state index >= 15 is 0 Å². The Hall–Kier alpha value is -1.62. The number of carbonyl (C=O) groups excluding carboxylic acids is 1. The molecule has 0 aliphatic heterocycles. The van der Waals surface area contributed by atoms with E-state index in [1.807, 2.05) is 20.8 Å². The summed E-state index contributed by atoms with van der Waals surface area (Å²) in [5, 5.41) is 14.9. The van der Waals surface area contributed by atoms with Gasteiger partial charge in [0.1, 0.15) is 5.82 Å². The number of urea groups is 1. The summed E-state index contributed by atoms with van der Waals surface area (Å²) in [5.74, 6) is -0.483. The number of carbonyl (C=O) groups is 1. The lowest BCUT2D eigenvalue weighted by Gasteiger charge is -2.21. The number of amides is 2. The molecular weight excluding hydrogens is 235 g/mol. The number of aliphatic hydroxyl groups excluding tert-OH is 1. The summed E-state index contributed by atoms with van der Waals surface area (Å²) in [6.45, 7) is 5.50. The highest BCUT2D eigenvalue weighted by atomic mass is 19.1. The van der Waals surface area contributed by atoms with Crippen LogP contribution in [-0.2, 0) is 0 Å². The zero-order valence-corrected chi connectivity index (χ0v) is 10.8. The molecule has 1 aromatic rings. The van der Waals surface area contributed by atoms with Crippen molar-refractivity contribution in [2.75, 3.05) is 6.54 Å². The van der Waals surface area contributed by atoms with Gasteiger partial charge < -0.3 is 15.7 Å². The van der Waals surface area contributed by atoms with Crippen molar-refractivity contribution in [1.29, 1.82) is 0 Å². The van der Waals surface area contributed by atoms with Gasteiger partial charge in [-0.3, -0.25) is 0 Å². The summed E-state index contributed by atoms with van der Waals surface area (Å²) < 4.78 is 13.3. The van der Waals surface area contributed by atoms with E-state index in [-0.39, 0.29) is 17.6 Å². The second kappa shape index (κ2) is 5.82. The summed E-state index contributed by atoms with van der Waals surface area (Å²) in [7, 11) is 0. The molecule has 5 heteroatoms. The molecule has 1 rings (SSSR count). The molecule has 0 spiro atoms. The van der Waals surface area contributed by atoms with E-state index < -0.39 is 18.0 Å². The second-order valence-electron chi connectivity index (χ2n) is 5.12. The van der Waals surface area contributed by atoms with Crippen molar-refractivity contribution in [2.45, 2.75) is 32.4 Å². The monoisotopic (exact) mass is 254 g/mol. The minimum absolute atomic E-state index is 0.0388. The molecule has 18 heavy (non-hydrogen) atoms. The fourth-order valence-electron chi connectivity index (χ4n) is 1.43. The van der Waals surface area contributed by atoms with Crippen LogP contribution in [0.3, 0.4) is 0 Å². The number of aliphatic hydroxyl groups is 1. The van der Waals surface area contributed by atoms with E-state index in [1.165, 1.54) is 12.1 Å². The maximum Gasteiger partial charge on any atom is 0.315 e. The molecule has 0 aliphatic rings. The highest BCUT2D eigenvalue weighted by Crippen LogP contribution is 2.15. The van der Waals surface area contributed by atoms with Crippen LogP contribution < -0.4 is 10.6 Å². The Morgan fingerprint density at radius 3 is 2.56 bits per heavy atom. The zero-order valence-electron chi connectivity index (χ0n) is 10.8. The molecule has 1 aromatic carbocycles. The summed E-state index contributed by atoms with van der Waals surface area (Å²) in [5.41, 5.74) is -0.180. The van der Waals surface area contributed by atoms with Crippen molar-refractivity contribution in [3.63, 3.8) is 0 Å². The van der Waals surface area contributed by atoms with Gasteiger partial charge in [0.05, 0.1) is 6.10 Å². The molecule has 3 N–H and O–H groups in total. The average molecular weight is 254 g/mol. The van der Waals surface area contributed by atoms with Crippen LogP contribution in [0.5, 0.6) is 0 Å². The summed E-state index contributed by atoms with van der Waals surface area (Å²) in [6.07, 6.45) is -1.06. The van der Waals surface area contributed by atoms with Crippen LogP contribution in [0.25, 0.3) is 0 Å². The maximum absolute atomic E-state index is 13.3. The van der Waals surface area contributed by atoms with E-state index in [0.29, 0.717) is 0 Å². The molecule has 0 heterocycles. The number of benzene rings is 1. The molecule has 1 unspecified atom stereocenters. The largest absolute Gasteiger partial charge is 0.386 e. The van der Waals surface area contributed by atoms with Gasteiger partial charge in [0.2, 0.25) is 0 Å². The Kier molecular flexibility index (Phi) is 4.67. The number of hydrogen-bond donors (Lipinski definition) is 3. The Labute approximate surface area is 106 Å². The van der Waals surface area contributed by atoms with E-state index in [0.717, 1.165) is 0 Å². The van der Waals surface area contributed by atoms with Gasteiger partial charge in [-0.1, -0.05) is 18.2 Å². The van der Waals surface area contributed by atoms with Gasteiger partial charge in [0.25, 0.3) is 0 Å². The molecule has 0 bridgehead atoms. The van der Waals surface area contributed by atoms with E-state index in [9.17, 15) is 14.3 Å². The second-order valence-corrected chi connectivity index (χ2v) is 5.12. The Morgan fingerprint density at radius 1 is 1.39 bits per heavy atom. The van der Waals surface area contributed by atoms with Crippen LogP contribution in [0, 0.1) is 5.82 Å².